The monoisotopic (exact) mass is 174 g/mol. The van der Waals surface area contributed by atoms with Gasteiger partial charge in [-0.15, -0.1) is 0 Å². The molecule has 0 N–H and O–H groups in total. The normalized spacial score (nSPS) is 9.40. The van der Waals surface area contributed by atoms with E-state index in [-0.39, 0.29) is 15.7 Å². The lowest BCUT2D eigenvalue weighted by molar-refractivity contribution is 0.562. The minimum absolute atomic E-state index is 0.228. The fraction of sp³-hybridized carbons (Fsp3) is 0. The van der Waals surface area contributed by atoms with Gasteiger partial charge >= 0.3 is 0 Å². The summed E-state index contributed by atoms with van der Waals surface area (Å²) in [6.07, 6.45) is 2.89. The Kier molecular flexibility index (Phi) is 2.25. The van der Waals surface area contributed by atoms with E-state index in [1.807, 2.05) is 0 Å². The average molecular weight is 175 g/mol. The molecule has 4 heteroatoms. The molecule has 0 aromatic carbocycles. The molecule has 0 unspecified atom stereocenters. The van der Waals surface area contributed by atoms with Crippen LogP contribution in [0.4, 0.5) is 0 Å². The molecule has 0 fully saturated rings. The molecule has 0 atom stereocenters. The third-order valence-electron chi connectivity index (χ3n) is 0.930. The highest BCUT2D eigenvalue weighted by molar-refractivity contribution is 6.35. The van der Waals surface area contributed by atoms with Gasteiger partial charge in [0.05, 0.1) is 10.6 Å². The van der Waals surface area contributed by atoms with Gasteiger partial charge in [0.2, 0.25) is 6.29 Å². The Morgan fingerprint density at radius 3 is 2.70 bits per heavy atom. The Balaban J connectivity index is 3.19. The van der Waals surface area contributed by atoms with Gasteiger partial charge in [0.25, 0.3) is 0 Å². The van der Waals surface area contributed by atoms with Crippen LogP contribution < -0.4 is 0 Å². The second-order valence-corrected chi connectivity index (χ2v) is 2.38. The SMILES string of the molecule is O=[C]c1cnc(Cl)cc1Cl. The predicted octanol–water partition coefficient (Wildman–Crippen LogP) is 1.85. The van der Waals surface area contributed by atoms with Gasteiger partial charge in [0.15, 0.2) is 0 Å². The summed E-state index contributed by atoms with van der Waals surface area (Å²) in [5, 5.41) is 0.541. The Labute approximate surface area is 67.8 Å². The minimum atomic E-state index is 0.228. The molecular weight excluding hydrogens is 173 g/mol. The summed E-state index contributed by atoms with van der Waals surface area (Å²) in [5.41, 5.74) is 0.228. The summed E-state index contributed by atoms with van der Waals surface area (Å²) in [5.74, 6) is 0. The van der Waals surface area contributed by atoms with E-state index in [9.17, 15) is 4.79 Å². The fourth-order valence-electron chi connectivity index (χ4n) is 0.483. The standard InChI is InChI=1S/C6H2Cl2NO/c7-5-1-6(8)9-2-4(5)3-10/h1-2H. The molecule has 51 valence electrons. The summed E-state index contributed by atoms with van der Waals surface area (Å²) in [4.78, 5) is 13.7. The van der Waals surface area contributed by atoms with Gasteiger partial charge in [-0.1, -0.05) is 23.2 Å². The van der Waals surface area contributed by atoms with E-state index in [2.05, 4.69) is 4.98 Å². The summed E-state index contributed by atoms with van der Waals surface area (Å²) in [6, 6.07) is 1.39. The predicted molar refractivity (Wildman–Crippen MR) is 39.1 cm³/mol. The van der Waals surface area contributed by atoms with E-state index in [1.54, 1.807) is 6.29 Å². The second kappa shape index (κ2) is 2.99. The number of hydrogen-bond acceptors (Lipinski definition) is 2. The van der Waals surface area contributed by atoms with Crippen molar-refractivity contribution < 1.29 is 4.79 Å². The Morgan fingerprint density at radius 2 is 2.20 bits per heavy atom. The van der Waals surface area contributed by atoms with Crippen LogP contribution in [-0.4, -0.2) is 11.3 Å². The molecule has 10 heavy (non-hydrogen) atoms. The summed E-state index contributed by atoms with van der Waals surface area (Å²) < 4.78 is 0. The number of aromatic nitrogens is 1. The van der Waals surface area contributed by atoms with E-state index in [1.165, 1.54) is 12.3 Å². The maximum absolute atomic E-state index is 10.0. The van der Waals surface area contributed by atoms with Crippen molar-refractivity contribution in [1.82, 2.24) is 4.98 Å². The highest BCUT2D eigenvalue weighted by Gasteiger charge is 1.99. The lowest BCUT2D eigenvalue weighted by Gasteiger charge is -1.92. The lowest BCUT2D eigenvalue weighted by atomic mass is 10.3. The quantitative estimate of drug-likeness (QED) is 0.609. The molecule has 0 bridgehead atoms. The number of nitrogens with zero attached hydrogens (tertiary/aromatic N) is 1. The number of pyridine rings is 1. The van der Waals surface area contributed by atoms with Gasteiger partial charge in [-0.3, -0.25) is 4.79 Å². The van der Waals surface area contributed by atoms with Gasteiger partial charge < -0.3 is 0 Å². The van der Waals surface area contributed by atoms with Gasteiger partial charge in [0.1, 0.15) is 5.15 Å². The van der Waals surface area contributed by atoms with Crippen molar-refractivity contribution in [1.29, 1.82) is 0 Å². The largest absolute Gasteiger partial charge is 0.285 e. The number of hydrogen-bond donors (Lipinski definition) is 0. The van der Waals surface area contributed by atoms with Gasteiger partial charge in [0, 0.05) is 6.20 Å². The maximum Gasteiger partial charge on any atom is 0.236 e. The highest BCUT2D eigenvalue weighted by atomic mass is 35.5. The van der Waals surface area contributed by atoms with Crippen LogP contribution in [0.3, 0.4) is 0 Å². The smallest absolute Gasteiger partial charge is 0.236 e. The molecule has 2 nitrogen and oxygen atoms in total. The van der Waals surface area contributed by atoms with Gasteiger partial charge in [-0.05, 0) is 6.07 Å². The first-order valence-corrected chi connectivity index (χ1v) is 3.19. The molecule has 0 aliphatic carbocycles. The van der Waals surface area contributed by atoms with Crippen molar-refractivity contribution in [2.75, 3.05) is 0 Å². The van der Waals surface area contributed by atoms with E-state index in [4.69, 9.17) is 23.2 Å². The molecule has 1 rings (SSSR count). The Bertz CT molecular complexity index is 262. The first-order chi connectivity index (χ1) is 4.74. The molecular formula is C6H2Cl2NO. The zero-order chi connectivity index (χ0) is 7.56. The Hall–Kier alpha value is -0.600. The second-order valence-electron chi connectivity index (χ2n) is 1.59. The van der Waals surface area contributed by atoms with Crippen molar-refractivity contribution in [3.05, 3.63) is 28.0 Å². The molecule has 0 saturated heterocycles. The summed E-state index contributed by atoms with van der Waals surface area (Å²) >= 11 is 11.0. The number of rotatable bonds is 1. The zero-order valence-electron chi connectivity index (χ0n) is 4.77. The van der Waals surface area contributed by atoms with Crippen molar-refractivity contribution in [2.45, 2.75) is 0 Å². The van der Waals surface area contributed by atoms with E-state index in [0.29, 0.717) is 0 Å². The van der Waals surface area contributed by atoms with E-state index in [0.717, 1.165) is 0 Å². The van der Waals surface area contributed by atoms with Gasteiger partial charge in [-0.2, -0.15) is 0 Å². The molecule has 0 aliphatic rings. The Morgan fingerprint density at radius 1 is 1.50 bits per heavy atom. The van der Waals surface area contributed by atoms with Crippen LogP contribution in [0, 0.1) is 0 Å². The average Bonchev–Trinajstić information content (AvgIpc) is 1.88. The molecule has 1 aromatic rings. The van der Waals surface area contributed by atoms with Crippen LogP contribution in [0.1, 0.15) is 5.56 Å². The third-order valence-corrected chi connectivity index (χ3v) is 1.45. The fourth-order valence-corrected chi connectivity index (χ4v) is 0.887. The maximum atomic E-state index is 10.0. The van der Waals surface area contributed by atoms with E-state index < -0.39 is 0 Å². The minimum Gasteiger partial charge on any atom is -0.285 e. The molecule has 0 spiro atoms. The summed E-state index contributed by atoms with van der Waals surface area (Å²) in [7, 11) is 0. The molecule has 0 saturated carbocycles. The highest BCUT2D eigenvalue weighted by Crippen LogP contribution is 2.16. The topological polar surface area (TPSA) is 30.0 Å². The molecule has 0 aliphatic heterocycles. The first-order valence-electron chi connectivity index (χ1n) is 2.43. The summed E-state index contributed by atoms with van der Waals surface area (Å²) in [6.45, 7) is 0. The van der Waals surface area contributed by atoms with Crippen LogP contribution in [0.5, 0.6) is 0 Å². The van der Waals surface area contributed by atoms with Crippen molar-refractivity contribution in [2.24, 2.45) is 0 Å². The molecule has 1 aromatic heterocycles. The lowest BCUT2D eigenvalue weighted by Crippen LogP contribution is -1.84. The van der Waals surface area contributed by atoms with Crippen LogP contribution in [0.25, 0.3) is 0 Å². The first kappa shape index (κ1) is 7.51. The number of halogens is 2. The van der Waals surface area contributed by atoms with Crippen molar-refractivity contribution >= 4 is 29.5 Å². The van der Waals surface area contributed by atoms with Crippen LogP contribution in [0.2, 0.25) is 10.2 Å². The molecule has 1 heterocycles. The molecule has 0 amide bonds. The third kappa shape index (κ3) is 1.46. The van der Waals surface area contributed by atoms with Crippen LogP contribution >= 0.6 is 23.2 Å². The number of carbonyl (C=O) groups excluding carboxylic acids is 1. The van der Waals surface area contributed by atoms with Crippen molar-refractivity contribution in [3.8, 4) is 0 Å². The zero-order valence-corrected chi connectivity index (χ0v) is 6.28. The van der Waals surface area contributed by atoms with Crippen LogP contribution in [0.15, 0.2) is 12.3 Å². The van der Waals surface area contributed by atoms with Crippen molar-refractivity contribution in [3.63, 3.8) is 0 Å². The van der Waals surface area contributed by atoms with E-state index >= 15 is 0 Å². The van der Waals surface area contributed by atoms with Gasteiger partial charge in [-0.25, -0.2) is 4.98 Å². The van der Waals surface area contributed by atoms with Crippen LogP contribution in [-0.2, 0) is 4.79 Å². The molecule has 1 radical (unpaired) electrons.